The van der Waals surface area contributed by atoms with Crippen LogP contribution in [0.4, 0.5) is 0 Å². The quantitative estimate of drug-likeness (QED) is 0.756. The Hall–Kier alpha value is -1.61. The number of ether oxygens (including phenoxy) is 2. The molecular formula is C20H24O3. The molecule has 3 heteroatoms. The number of benzene rings is 1. The first-order chi connectivity index (χ1) is 11.2. The first-order valence-electron chi connectivity index (χ1n) is 8.84. The van der Waals surface area contributed by atoms with Gasteiger partial charge in [-0.1, -0.05) is 56.5 Å². The van der Waals surface area contributed by atoms with Crippen molar-refractivity contribution in [1.82, 2.24) is 0 Å². The van der Waals surface area contributed by atoms with Crippen molar-refractivity contribution < 1.29 is 14.3 Å². The minimum Gasteiger partial charge on any atom is -0.425 e. The standard InChI is InChI=1S/C20H24O3/c1-2-16-17(15-9-5-3-6-10-15)18(21)23-20(16)13-19(14-22-20)11-7-4-8-12-19/h3,5-6,9-10H,2,4,7-8,11-14H2,1H3. The minimum atomic E-state index is -0.797. The lowest BCUT2D eigenvalue weighted by Crippen LogP contribution is -2.33. The van der Waals surface area contributed by atoms with Gasteiger partial charge in [-0.2, -0.15) is 0 Å². The van der Waals surface area contributed by atoms with Crippen LogP contribution in [0.2, 0.25) is 0 Å². The van der Waals surface area contributed by atoms with Gasteiger partial charge in [0.25, 0.3) is 0 Å². The van der Waals surface area contributed by atoms with Crippen molar-refractivity contribution in [2.24, 2.45) is 5.41 Å². The molecule has 1 saturated heterocycles. The summed E-state index contributed by atoms with van der Waals surface area (Å²) in [5.41, 5.74) is 2.92. The molecule has 0 aromatic heterocycles. The summed E-state index contributed by atoms with van der Waals surface area (Å²) in [4.78, 5) is 12.6. The molecule has 0 radical (unpaired) electrons. The maximum Gasteiger partial charge on any atom is 0.341 e. The fourth-order valence-electron chi connectivity index (χ4n) is 4.67. The molecule has 3 nitrogen and oxygen atoms in total. The Morgan fingerprint density at radius 1 is 1.09 bits per heavy atom. The molecule has 0 amide bonds. The van der Waals surface area contributed by atoms with E-state index in [9.17, 15) is 4.79 Å². The topological polar surface area (TPSA) is 35.5 Å². The second-order valence-corrected chi connectivity index (χ2v) is 7.24. The predicted octanol–water partition coefficient (Wildman–Crippen LogP) is 4.47. The largest absolute Gasteiger partial charge is 0.425 e. The summed E-state index contributed by atoms with van der Waals surface area (Å²) in [7, 11) is 0. The summed E-state index contributed by atoms with van der Waals surface area (Å²) in [6, 6.07) is 9.86. The third kappa shape index (κ3) is 2.33. The molecule has 2 spiro atoms. The van der Waals surface area contributed by atoms with E-state index in [1.807, 2.05) is 30.3 Å². The SMILES string of the molecule is CCC1=C(c2ccccc2)C(=O)OC12CC1(CCCCC1)CO2. The average Bonchev–Trinajstić information content (AvgIpc) is 3.06. The molecule has 1 unspecified atom stereocenters. The highest BCUT2D eigenvalue weighted by atomic mass is 16.7. The highest BCUT2D eigenvalue weighted by Gasteiger charge is 2.58. The van der Waals surface area contributed by atoms with E-state index >= 15 is 0 Å². The Balaban J connectivity index is 1.73. The first kappa shape index (κ1) is 14.9. The van der Waals surface area contributed by atoms with Gasteiger partial charge in [-0.15, -0.1) is 0 Å². The van der Waals surface area contributed by atoms with Crippen LogP contribution in [0.25, 0.3) is 5.57 Å². The first-order valence-corrected chi connectivity index (χ1v) is 8.84. The van der Waals surface area contributed by atoms with Crippen LogP contribution in [0.3, 0.4) is 0 Å². The van der Waals surface area contributed by atoms with Crippen LogP contribution in [-0.4, -0.2) is 18.4 Å². The van der Waals surface area contributed by atoms with Crippen LogP contribution in [0, 0.1) is 5.41 Å². The van der Waals surface area contributed by atoms with Crippen LogP contribution in [0.5, 0.6) is 0 Å². The molecule has 1 aliphatic carbocycles. The smallest absolute Gasteiger partial charge is 0.341 e. The van der Waals surface area contributed by atoms with Crippen molar-refractivity contribution in [3.05, 3.63) is 41.5 Å². The normalized spacial score (nSPS) is 29.5. The Morgan fingerprint density at radius 2 is 1.83 bits per heavy atom. The molecule has 4 rings (SSSR count). The number of esters is 1. The average molecular weight is 312 g/mol. The van der Waals surface area contributed by atoms with Crippen molar-refractivity contribution in [2.75, 3.05) is 6.61 Å². The minimum absolute atomic E-state index is 0.213. The van der Waals surface area contributed by atoms with Gasteiger partial charge in [-0.3, -0.25) is 0 Å². The molecule has 122 valence electrons. The van der Waals surface area contributed by atoms with E-state index in [2.05, 4.69) is 6.92 Å². The van der Waals surface area contributed by atoms with Crippen LogP contribution in [-0.2, 0) is 14.3 Å². The summed E-state index contributed by atoms with van der Waals surface area (Å²) in [6.07, 6.45) is 7.87. The second kappa shape index (κ2) is 5.48. The second-order valence-electron chi connectivity index (χ2n) is 7.24. The van der Waals surface area contributed by atoms with Gasteiger partial charge >= 0.3 is 5.97 Å². The van der Waals surface area contributed by atoms with Crippen LogP contribution >= 0.6 is 0 Å². The predicted molar refractivity (Wildman–Crippen MR) is 88.6 cm³/mol. The number of carbonyl (C=O) groups excluding carboxylic acids is 1. The monoisotopic (exact) mass is 312 g/mol. The number of hydrogen-bond donors (Lipinski definition) is 0. The molecule has 23 heavy (non-hydrogen) atoms. The van der Waals surface area contributed by atoms with Gasteiger partial charge in [0.05, 0.1) is 12.2 Å². The lowest BCUT2D eigenvalue weighted by Gasteiger charge is -2.33. The fourth-order valence-corrected chi connectivity index (χ4v) is 4.67. The molecule has 2 aliphatic heterocycles. The van der Waals surface area contributed by atoms with E-state index in [1.54, 1.807) is 0 Å². The van der Waals surface area contributed by atoms with Gasteiger partial charge in [0.2, 0.25) is 5.79 Å². The van der Waals surface area contributed by atoms with Crippen molar-refractivity contribution in [3.8, 4) is 0 Å². The summed E-state index contributed by atoms with van der Waals surface area (Å²) in [5.74, 6) is -1.02. The molecule has 0 N–H and O–H groups in total. The summed E-state index contributed by atoms with van der Waals surface area (Å²) >= 11 is 0. The number of rotatable bonds is 2. The summed E-state index contributed by atoms with van der Waals surface area (Å²) in [6.45, 7) is 2.82. The Kier molecular flexibility index (Phi) is 3.56. The molecule has 1 aromatic rings. The van der Waals surface area contributed by atoms with Gasteiger partial charge in [0.15, 0.2) is 0 Å². The highest BCUT2D eigenvalue weighted by Crippen LogP contribution is 2.55. The van der Waals surface area contributed by atoms with Crippen LogP contribution in [0.15, 0.2) is 35.9 Å². The third-order valence-corrected chi connectivity index (χ3v) is 5.77. The van der Waals surface area contributed by atoms with E-state index < -0.39 is 5.79 Å². The molecule has 0 bridgehead atoms. The Morgan fingerprint density at radius 3 is 2.52 bits per heavy atom. The maximum atomic E-state index is 12.6. The molecular weight excluding hydrogens is 288 g/mol. The van der Waals surface area contributed by atoms with Gasteiger partial charge in [-0.05, 0) is 24.8 Å². The fraction of sp³-hybridized carbons (Fsp3) is 0.550. The molecule has 3 aliphatic rings. The van der Waals surface area contributed by atoms with Gasteiger partial charge in [0, 0.05) is 17.4 Å². The molecule has 2 heterocycles. The van der Waals surface area contributed by atoms with Crippen molar-refractivity contribution in [1.29, 1.82) is 0 Å². The highest BCUT2D eigenvalue weighted by molar-refractivity contribution is 6.20. The molecule has 1 saturated carbocycles. The molecule has 1 atom stereocenters. The Bertz CT molecular complexity index is 640. The van der Waals surface area contributed by atoms with Crippen molar-refractivity contribution >= 4 is 11.5 Å². The maximum absolute atomic E-state index is 12.6. The number of hydrogen-bond acceptors (Lipinski definition) is 3. The zero-order valence-electron chi connectivity index (χ0n) is 13.8. The van der Waals surface area contributed by atoms with Crippen LogP contribution < -0.4 is 0 Å². The zero-order chi connectivity index (χ0) is 15.9. The third-order valence-electron chi connectivity index (χ3n) is 5.77. The lowest BCUT2D eigenvalue weighted by atomic mass is 9.71. The Labute approximate surface area is 137 Å². The zero-order valence-corrected chi connectivity index (χ0v) is 13.8. The van der Waals surface area contributed by atoms with Crippen LogP contribution in [0.1, 0.15) is 57.4 Å². The van der Waals surface area contributed by atoms with E-state index in [0.717, 1.165) is 36.2 Å². The van der Waals surface area contributed by atoms with Crippen molar-refractivity contribution in [2.45, 2.75) is 57.7 Å². The molecule has 2 fully saturated rings. The summed E-state index contributed by atoms with van der Waals surface area (Å²) < 4.78 is 12.1. The van der Waals surface area contributed by atoms with Gasteiger partial charge in [0.1, 0.15) is 0 Å². The van der Waals surface area contributed by atoms with Gasteiger partial charge in [-0.25, -0.2) is 4.79 Å². The van der Waals surface area contributed by atoms with Crippen molar-refractivity contribution in [3.63, 3.8) is 0 Å². The van der Waals surface area contributed by atoms with E-state index in [0.29, 0.717) is 0 Å². The summed E-state index contributed by atoms with van der Waals surface area (Å²) in [5, 5.41) is 0. The lowest BCUT2D eigenvalue weighted by molar-refractivity contribution is -0.185. The van der Waals surface area contributed by atoms with E-state index in [4.69, 9.17) is 9.47 Å². The number of carbonyl (C=O) groups is 1. The van der Waals surface area contributed by atoms with E-state index in [-0.39, 0.29) is 11.4 Å². The van der Waals surface area contributed by atoms with E-state index in [1.165, 1.54) is 32.1 Å². The van der Waals surface area contributed by atoms with Gasteiger partial charge < -0.3 is 9.47 Å². The molecule has 1 aromatic carbocycles.